The molecule has 15 aromatic rings. The Bertz CT molecular complexity index is 4360. The van der Waals surface area contributed by atoms with Gasteiger partial charge in [0.15, 0.2) is 0 Å². The molecule has 15 rings (SSSR count). The van der Waals surface area contributed by atoms with Crippen molar-refractivity contribution in [2.24, 2.45) is 0 Å². The zero-order valence-electron chi connectivity index (χ0n) is 40.1. The molecular weight excluding hydrogens is 933 g/mol. The Morgan fingerprint density at radius 2 is 0.500 bits per heavy atom. The molecule has 4 heteroatoms. The second-order valence-corrected chi connectivity index (χ2v) is 21.4. The first-order valence-corrected chi connectivity index (χ1v) is 26.9. The van der Waals surface area contributed by atoms with Gasteiger partial charge in [-0.05, 0) is 140 Å². The van der Waals surface area contributed by atoms with Gasteiger partial charge in [0.05, 0.1) is 11.4 Å². The predicted octanol–water partition coefficient (Wildman–Crippen LogP) is 21.3. The Hall–Kier alpha value is -9.06. The molecule has 2 heterocycles. The summed E-state index contributed by atoms with van der Waals surface area (Å²) in [6.07, 6.45) is 0. The van der Waals surface area contributed by atoms with Crippen LogP contribution in [0.25, 0.3) is 106 Å². The molecule has 0 unspecified atom stereocenters. The zero-order chi connectivity index (χ0) is 48.7. The molecule has 0 fully saturated rings. The molecule has 74 heavy (non-hydrogen) atoms. The van der Waals surface area contributed by atoms with E-state index in [0.29, 0.717) is 0 Å². The molecule has 13 aromatic carbocycles. The van der Waals surface area contributed by atoms with Gasteiger partial charge in [0.2, 0.25) is 0 Å². The van der Waals surface area contributed by atoms with E-state index in [1.807, 2.05) is 22.7 Å². The fourth-order valence-electron chi connectivity index (χ4n) is 11.5. The number of hydrogen-bond donors (Lipinski definition) is 0. The molecule has 0 bridgehead atoms. The van der Waals surface area contributed by atoms with Crippen LogP contribution in [0.15, 0.2) is 267 Å². The van der Waals surface area contributed by atoms with E-state index >= 15 is 0 Å². The van der Waals surface area contributed by atoms with Gasteiger partial charge >= 0.3 is 0 Å². The fourth-order valence-corrected chi connectivity index (χ4v) is 13.6. The van der Waals surface area contributed by atoms with Gasteiger partial charge in [-0.15, -0.1) is 22.7 Å². The third-order valence-electron chi connectivity index (χ3n) is 15.0. The van der Waals surface area contributed by atoms with Crippen LogP contribution in [0.4, 0.5) is 34.1 Å². The standard InChI is InChI=1S/C70H44N2S2/c1-3-15-55-49(13-1)41-65(59-19-7-5-17-57(55)59)71(53-37-39-69-63(43-53)61-21-9-11-23-67(61)73-69)51-33-29-47(30-34-51)45-25-27-46(28-26-45)48-31-35-52(36-32-48)72(54-38-40-70-64(44-54)62-22-10-12-24-68(62)74-70)66-42-50-14-2-4-16-56(50)58-18-6-8-20-60(58)66/h1-44H. The maximum absolute atomic E-state index is 2.45. The summed E-state index contributed by atoms with van der Waals surface area (Å²) in [5, 5.41) is 15.1. The Balaban J connectivity index is 0.788. The molecule has 0 spiro atoms. The van der Waals surface area contributed by atoms with Crippen LogP contribution in [0.1, 0.15) is 0 Å². The monoisotopic (exact) mass is 976 g/mol. The highest BCUT2D eigenvalue weighted by Crippen LogP contribution is 2.47. The van der Waals surface area contributed by atoms with Crippen LogP contribution in [0.2, 0.25) is 0 Å². The quantitative estimate of drug-likeness (QED) is 0.140. The van der Waals surface area contributed by atoms with Crippen LogP contribution < -0.4 is 9.80 Å². The minimum absolute atomic E-state index is 1.11. The number of fused-ring (bicyclic) bond motifs is 12. The molecule has 0 saturated heterocycles. The van der Waals surface area contributed by atoms with E-state index in [1.54, 1.807) is 0 Å². The van der Waals surface area contributed by atoms with Gasteiger partial charge in [-0.2, -0.15) is 0 Å². The molecule has 0 radical (unpaired) electrons. The summed E-state index contributed by atoms with van der Waals surface area (Å²) in [7, 11) is 0. The lowest BCUT2D eigenvalue weighted by atomic mass is 9.97. The van der Waals surface area contributed by atoms with Crippen LogP contribution >= 0.6 is 22.7 Å². The maximum Gasteiger partial charge on any atom is 0.0546 e. The van der Waals surface area contributed by atoms with E-state index in [9.17, 15) is 0 Å². The summed E-state index contributed by atoms with van der Waals surface area (Å²) >= 11 is 3.72. The van der Waals surface area contributed by atoms with Gasteiger partial charge in [-0.25, -0.2) is 0 Å². The highest BCUT2D eigenvalue weighted by Gasteiger charge is 2.21. The number of thiophene rings is 2. The van der Waals surface area contributed by atoms with Crippen molar-refractivity contribution in [2.75, 3.05) is 9.80 Å². The highest BCUT2D eigenvalue weighted by atomic mass is 32.1. The molecular formula is C70H44N2S2. The SMILES string of the molecule is c1ccc2c(c1)cc(N(c1ccc(-c3ccc(-c4ccc(N(c5ccc6sc7ccccc7c6c5)c5cc6ccccc6c6ccccc56)cc4)cc3)cc1)c1ccc3sc4ccccc4c3c1)c1ccccc12. The summed E-state index contributed by atoms with van der Waals surface area (Å²) in [6, 6.07) is 98.6. The smallest absolute Gasteiger partial charge is 0.0546 e. The topological polar surface area (TPSA) is 6.48 Å². The first kappa shape index (κ1) is 42.6. The van der Waals surface area contributed by atoms with Crippen molar-refractivity contribution in [2.45, 2.75) is 0 Å². The van der Waals surface area contributed by atoms with Crippen LogP contribution in [-0.4, -0.2) is 0 Å². The summed E-state index contributed by atoms with van der Waals surface area (Å²) < 4.78 is 5.21. The number of hydrogen-bond acceptors (Lipinski definition) is 4. The van der Waals surface area contributed by atoms with Crippen LogP contribution in [0.5, 0.6) is 0 Å². The molecule has 0 N–H and O–H groups in total. The van der Waals surface area contributed by atoms with Gasteiger partial charge in [0, 0.05) is 73.9 Å². The second-order valence-electron chi connectivity index (χ2n) is 19.2. The lowest BCUT2D eigenvalue weighted by molar-refractivity contribution is 1.31. The van der Waals surface area contributed by atoms with Crippen molar-refractivity contribution in [3.05, 3.63) is 267 Å². The first-order valence-electron chi connectivity index (χ1n) is 25.2. The molecule has 0 saturated carbocycles. The number of rotatable bonds is 8. The van der Waals surface area contributed by atoms with Gasteiger partial charge in [0.25, 0.3) is 0 Å². The van der Waals surface area contributed by atoms with Crippen molar-refractivity contribution >= 4 is 140 Å². The van der Waals surface area contributed by atoms with E-state index in [2.05, 4.69) is 277 Å². The van der Waals surface area contributed by atoms with Gasteiger partial charge in [-0.3, -0.25) is 0 Å². The second kappa shape index (κ2) is 17.3. The van der Waals surface area contributed by atoms with Gasteiger partial charge in [0.1, 0.15) is 0 Å². The van der Waals surface area contributed by atoms with E-state index in [-0.39, 0.29) is 0 Å². The van der Waals surface area contributed by atoms with E-state index < -0.39 is 0 Å². The summed E-state index contributed by atoms with van der Waals surface area (Å²) in [5.74, 6) is 0. The molecule has 0 atom stereocenters. The van der Waals surface area contributed by atoms with Crippen LogP contribution in [0.3, 0.4) is 0 Å². The van der Waals surface area contributed by atoms with Crippen LogP contribution in [0, 0.1) is 0 Å². The average molecular weight is 977 g/mol. The molecule has 0 aliphatic carbocycles. The normalized spacial score (nSPS) is 11.8. The minimum Gasteiger partial charge on any atom is -0.310 e. The summed E-state index contributed by atoms with van der Waals surface area (Å²) in [4.78, 5) is 4.90. The lowest BCUT2D eigenvalue weighted by Crippen LogP contribution is -2.10. The van der Waals surface area contributed by atoms with E-state index in [0.717, 1.165) is 34.1 Å². The van der Waals surface area contributed by atoms with Gasteiger partial charge < -0.3 is 9.80 Å². The number of nitrogens with zero attached hydrogens (tertiary/aromatic N) is 2. The van der Waals surface area contributed by atoms with Crippen molar-refractivity contribution in [3.63, 3.8) is 0 Å². The van der Waals surface area contributed by atoms with Crippen molar-refractivity contribution in [1.82, 2.24) is 0 Å². The van der Waals surface area contributed by atoms with Crippen LogP contribution in [-0.2, 0) is 0 Å². The largest absolute Gasteiger partial charge is 0.310 e. The lowest BCUT2D eigenvalue weighted by Gasteiger charge is -2.28. The highest BCUT2D eigenvalue weighted by molar-refractivity contribution is 7.26. The number of anilines is 6. The third-order valence-corrected chi connectivity index (χ3v) is 17.3. The first-order chi connectivity index (χ1) is 36.7. The molecule has 346 valence electrons. The number of benzene rings is 13. The van der Waals surface area contributed by atoms with Crippen molar-refractivity contribution < 1.29 is 0 Å². The minimum atomic E-state index is 1.11. The van der Waals surface area contributed by atoms with E-state index in [1.165, 1.54) is 106 Å². The van der Waals surface area contributed by atoms with Gasteiger partial charge in [-0.1, -0.05) is 182 Å². The summed E-state index contributed by atoms with van der Waals surface area (Å²) in [5.41, 5.74) is 11.5. The van der Waals surface area contributed by atoms with Crippen molar-refractivity contribution in [1.29, 1.82) is 0 Å². The molecule has 0 amide bonds. The Morgan fingerprint density at radius 1 is 0.203 bits per heavy atom. The Kier molecular flexibility index (Phi) is 9.97. The van der Waals surface area contributed by atoms with Crippen molar-refractivity contribution in [3.8, 4) is 22.3 Å². The van der Waals surface area contributed by atoms with E-state index in [4.69, 9.17) is 0 Å². The molecule has 2 nitrogen and oxygen atoms in total. The zero-order valence-corrected chi connectivity index (χ0v) is 41.7. The average Bonchev–Trinajstić information content (AvgIpc) is 4.05. The predicted molar refractivity (Wildman–Crippen MR) is 322 cm³/mol. The summed E-state index contributed by atoms with van der Waals surface area (Å²) in [6.45, 7) is 0. The molecule has 0 aliphatic rings. The Morgan fingerprint density at radius 3 is 0.905 bits per heavy atom. The molecule has 0 aliphatic heterocycles. The maximum atomic E-state index is 2.45. The third kappa shape index (κ3) is 7.06. The Labute approximate surface area is 436 Å². The fraction of sp³-hybridized carbons (Fsp3) is 0. The molecule has 2 aromatic heterocycles.